The zero-order valence-corrected chi connectivity index (χ0v) is 20.2. The number of amides is 1. The standard InChI is InChI=1S/C22H26N4O4S2/c1-5-29-21(28)17-15-8-6-7-9-16(15)32-20(17)23-19(27)13(3)31-22-25-24-18(26(22)4)14-10-11-30-12(14)2/h10-11,13H,5-9H2,1-4H3,(H,23,27). The van der Waals surface area contributed by atoms with Crippen LogP contribution in [0.5, 0.6) is 0 Å². The fraction of sp³-hybridized carbons (Fsp3) is 0.455. The average molecular weight is 475 g/mol. The minimum Gasteiger partial charge on any atom is -0.469 e. The van der Waals surface area contributed by atoms with E-state index in [0.717, 1.165) is 42.6 Å². The van der Waals surface area contributed by atoms with Gasteiger partial charge in [-0.25, -0.2) is 4.79 Å². The molecule has 3 aromatic heterocycles. The van der Waals surface area contributed by atoms with Gasteiger partial charge in [-0.2, -0.15) is 0 Å². The minimum atomic E-state index is -0.439. The summed E-state index contributed by atoms with van der Waals surface area (Å²) in [7, 11) is 1.86. The Morgan fingerprint density at radius 3 is 2.84 bits per heavy atom. The molecule has 0 spiro atoms. The van der Waals surface area contributed by atoms with Gasteiger partial charge in [-0.1, -0.05) is 11.8 Å². The number of rotatable bonds is 7. The van der Waals surface area contributed by atoms with Crippen LogP contribution in [0.2, 0.25) is 0 Å². The molecule has 170 valence electrons. The number of aromatic nitrogens is 3. The lowest BCUT2D eigenvalue weighted by Gasteiger charge is -2.13. The number of thioether (sulfide) groups is 1. The molecule has 32 heavy (non-hydrogen) atoms. The third-order valence-electron chi connectivity index (χ3n) is 5.47. The Labute approximate surface area is 194 Å². The Bertz CT molecular complexity index is 1150. The van der Waals surface area contributed by atoms with Crippen LogP contribution < -0.4 is 5.32 Å². The van der Waals surface area contributed by atoms with Crippen LogP contribution in [0.3, 0.4) is 0 Å². The minimum absolute atomic E-state index is 0.191. The van der Waals surface area contributed by atoms with Crippen LogP contribution in [-0.2, 0) is 29.4 Å². The van der Waals surface area contributed by atoms with Crippen molar-refractivity contribution in [3.63, 3.8) is 0 Å². The van der Waals surface area contributed by atoms with Crippen LogP contribution in [0.4, 0.5) is 5.00 Å². The second-order valence-corrected chi connectivity index (χ2v) is 10.1. The van der Waals surface area contributed by atoms with Crippen LogP contribution in [0.25, 0.3) is 11.4 Å². The number of carbonyl (C=O) groups is 2. The molecular weight excluding hydrogens is 448 g/mol. The van der Waals surface area contributed by atoms with Gasteiger partial charge in [0.1, 0.15) is 10.8 Å². The number of furan rings is 1. The Morgan fingerprint density at radius 2 is 2.12 bits per heavy atom. The molecule has 3 heterocycles. The molecule has 0 bridgehead atoms. The van der Waals surface area contributed by atoms with E-state index in [1.165, 1.54) is 28.0 Å². The largest absolute Gasteiger partial charge is 0.469 e. The van der Waals surface area contributed by atoms with Crippen molar-refractivity contribution in [1.29, 1.82) is 0 Å². The Morgan fingerprint density at radius 1 is 1.34 bits per heavy atom. The summed E-state index contributed by atoms with van der Waals surface area (Å²) in [5.41, 5.74) is 2.42. The molecule has 1 aliphatic rings. The Kier molecular flexibility index (Phi) is 6.71. The number of nitrogens with one attached hydrogen (secondary N) is 1. The number of ether oxygens (including phenoxy) is 1. The van der Waals surface area contributed by atoms with Crippen LogP contribution in [0.1, 0.15) is 53.2 Å². The number of esters is 1. The second-order valence-electron chi connectivity index (χ2n) is 7.64. The average Bonchev–Trinajstić information content (AvgIpc) is 3.45. The third kappa shape index (κ3) is 4.33. The molecule has 0 aliphatic heterocycles. The van der Waals surface area contributed by atoms with Gasteiger partial charge in [0.15, 0.2) is 11.0 Å². The molecular formula is C22H26N4O4S2. The van der Waals surface area contributed by atoms with Gasteiger partial charge >= 0.3 is 5.97 Å². The number of hydrogen-bond donors (Lipinski definition) is 1. The van der Waals surface area contributed by atoms with Gasteiger partial charge in [0.2, 0.25) is 5.91 Å². The number of fused-ring (bicyclic) bond motifs is 1. The van der Waals surface area contributed by atoms with E-state index in [-0.39, 0.29) is 11.9 Å². The molecule has 1 aliphatic carbocycles. The summed E-state index contributed by atoms with van der Waals surface area (Å²) in [6.45, 7) is 5.77. The first-order valence-electron chi connectivity index (χ1n) is 10.6. The maximum absolute atomic E-state index is 13.0. The van der Waals surface area contributed by atoms with Crippen molar-refractivity contribution in [3.05, 3.63) is 34.1 Å². The highest BCUT2D eigenvalue weighted by molar-refractivity contribution is 8.00. The Balaban J connectivity index is 1.51. The summed E-state index contributed by atoms with van der Waals surface area (Å²) in [6.07, 6.45) is 5.53. The zero-order valence-electron chi connectivity index (χ0n) is 18.6. The fourth-order valence-corrected chi connectivity index (χ4v) is 5.86. The van der Waals surface area contributed by atoms with Gasteiger partial charge in [0.05, 0.1) is 29.2 Å². The first-order valence-corrected chi connectivity index (χ1v) is 12.3. The SMILES string of the molecule is CCOC(=O)c1c(NC(=O)C(C)Sc2nnc(-c3ccoc3C)n2C)sc2c1CCCC2. The molecule has 0 fully saturated rings. The molecule has 10 heteroatoms. The Hall–Kier alpha value is -2.59. The van der Waals surface area contributed by atoms with Crippen molar-refractivity contribution in [2.75, 3.05) is 11.9 Å². The predicted molar refractivity (Wildman–Crippen MR) is 124 cm³/mol. The van der Waals surface area contributed by atoms with Gasteiger partial charge in [-0.15, -0.1) is 21.5 Å². The monoisotopic (exact) mass is 474 g/mol. The van der Waals surface area contributed by atoms with Crippen molar-refractivity contribution < 1.29 is 18.7 Å². The number of thiophene rings is 1. The molecule has 0 aromatic carbocycles. The molecule has 0 radical (unpaired) electrons. The smallest absolute Gasteiger partial charge is 0.341 e. The first kappa shape index (κ1) is 22.6. The van der Waals surface area contributed by atoms with Crippen LogP contribution in [-0.4, -0.2) is 38.5 Å². The van der Waals surface area contributed by atoms with Crippen LogP contribution in [0, 0.1) is 6.92 Å². The van der Waals surface area contributed by atoms with Crippen LogP contribution >= 0.6 is 23.1 Å². The van der Waals surface area contributed by atoms with E-state index in [4.69, 9.17) is 9.15 Å². The highest BCUT2D eigenvalue weighted by Crippen LogP contribution is 2.39. The fourth-order valence-electron chi connectivity index (χ4n) is 3.77. The van der Waals surface area contributed by atoms with Crippen molar-refractivity contribution in [2.24, 2.45) is 7.05 Å². The van der Waals surface area contributed by atoms with E-state index in [1.807, 2.05) is 31.5 Å². The molecule has 0 saturated carbocycles. The first-order chi connectivity index (χ1) is 15.4. The number of anilines is 1. The van der Waals surface area contributed by atoms with E-state index in [9.17, 15) is 9.59 Å². The lowest BCUT2D eigenvalue weighted by Crippen LogP contribution is -2.23. The summed E-state index contributed by atoms with van der Waals surface area (Å²) in [5, 5.41) is 12.3. The normalized spacial score (nSPS) is 14.1. The van der Waals surface area contributed by atoms with Gasteiger partial charge in [0, 0.05) is 11.9 Å². The molecule has 1 atom stereocenters. The molecule has 3 aromatic rings. The van der Waals surface area contributed by atoms with Gasteiger partial charge < -0.3 is 19.0 Å². The highest BCUT2D eigenvalue weighted by atomic mass is 32.2. The number of aryl methyl sites for hydroxylation is 2. The molecule has 1 unspecified atom stereocenters. The summed E-state index contributed by atoms with van der Waals surface area (Å²) >= 11 is 2.81. The van der Waals surface area contributed by atoms with E-state index >= 15 is 0 Å². The molecule has 4 rings (SSSR count). The maximum Gasteiger partial charge on any atom is 0.341 e. The number of hydrogen-bond acceptors (Lipinski definition) is 8. The van der Waals surface area contributed by atoms with E-state index in [0.29, 0.717) is 28.2 Å². The molecule has 1 amide bonds. The van der Waals surface area contributed by atoms with Gasteiger partial charge in [-0.3, -0.25) is 4.79 Å². The topological polar surface area (TPSA) is 99.2 Å². The van der Waals surface area contributed by atoms with Gasteiger partial charge in [-0.05, 0) is 58.1 Å². The summed E-state index contributed by atoms with van der Waals surface area (Å²) in [6, 6.07) is 1.85. The van der Waals surface area contributed by atoms with Crippen molar-refractivity contribution in [1.82, 2.24) is 14.8 Å². The highest BCUT2D eigenvalue weighted by Gasteiger charge is 2.29. The van der Waals surface area contributed by atoms with Crippen molar-refractivity contribution in [3.8, 4) is 11.4 Å². The molecule has 8 nitrogen and oxygen atoms in total. The predicted octanol–water partition coefficient (Wildman–Crippen LogP) is 4.62. The molecule has 1 N–H and O–H groups in total. The third-order valence-corrected chi connectivity index (χ3v) is 7.81. The maximum atomic E-state index is 13.0. The number of carbonyl (C=O) groups excluding carboxylic acids is 2. The van der Waals surface area contributed by atoms with E-state index < -0.39 is 5.25 Å². The lowest BCUT2D eigenvalue weighted by molar-refractivity contribution is -0.115. The van der Waals surface area contributed by atoms with Crippen molar-refractivity contribution in [2.45, 2.75) is 56.9 Å². The quantitative estimate of drug-likeness (QED) is 0.394. The number of nitrogens with zero attached hydrogens (tertiary/aromatic N) is 3. The van der Waals surface area contributed by atoms with Crippen LogP contribution in [0.15, 0.2) is 21.9 Å². The lowest BCUT2D eigenvalue weighted by atomic mass is 9.95. The van der Waals surface area contributed by atoms with Gasteiger partial charge in [0.25, 0.3) is 0 Å². The second kappa shape index (κ2) is 9.50. The molecule has 0 saturated heterocycles. The zero-order chi connectivity index (χ0) is 22.8. The summed E-state index contributed by atoms with van der Waals surface area (Å²) in [4.78, 5) is 26.8. The van der Waals surface area contributed by atoms with Crippen molar-refractivity contribution >= 4 is 40.0 Å². The summed E-state index contributed by atoms with van der Waals surface area (Å²) in [5.74, 6) is 0.886. The summed E-state index contributed by atoms with van der Waals surface area (Å²) < 4.78 is 12.5. The van der Waals surface area contributed by atoms with E-state index in [2.05, 4.69) is 15.5 Å². The van der Waals surface area contributed by atoms with E-state index in [1.54, 1.807) is 13.2 Å².